The molecule has 9 heteroatoms. The number of hydrazine groups is 1. The minimum atomic E-state index is -0.519. The van der Waals surface area contributed by atoms with Gasteiger partial charge in [0.2, 0.25) is 0 Å². The van der Waals surface area contributed by atoms with E-state index in [0.29, 0.717) is 17.1 Å². The fourth-order valence-electron chi connectivity index (χ4n) is 1.66. The molecule has 0 saturated heterocycles. The van der Waals surface area contributed by atoms with Crippen LogP contribution in [0.4, 0.5) is 17.2 Å². The van der Waals surface area contributed by atoms with Crippen LogP contribution in [0.3, 0.4) is 0 Å². The lowest BCUT2D eigenvalue weighted by atomic mass is 10.1. The van der Waals surface area contributed by atoms with Gasteiger partial charge in [-0.2, -0.15) is 0 Å². The summed E-state index contributed by atoms with van der Waals surface area (Å²) >= 11 is 0. The van der Waals surface area contributed by atoms with Gasteiger partial charge in [-0.05, 0) is 13.0 Å². The van der Waals surface area contributed by atoms with Crippen molar-refractivity contribution in [1.29, 1.82) is 0 Å². The minimum absolute atomic E-state index is 0.0680. The number of nitrogens with two attached hydrogens (primary N) is 1. The number of hydrogen-bond donors (Lipinski definition) is 3. The van der Waals surface area contributed by atoms with Crippen molar-refractivity contribution in [2.45, 2.75) is 6.92 Å². The maximum atomic E-state index is 12.0. The molecule has 0 fully saturated rings. The summed E-state index contributed by atoms with van der Waals surface area (Å²) in [7, 11) is 0. The number of amides is 1. The first kappa shape index (κ1) is 14.3. The molecule has 0 aliphatic carbocycles. The summed E-state index contributed by atoms with van der Waals surface area (Å²) in [5.41, 5.74) is 3.00. The number of nitrogens with zero attached hydrogens (tertiary/aromatic N) is 3. The monoisotopic (exact) mass is 288 g/mol. The van der Waals surface area contributed by atoms with Crippen LogP contribution in [-0.2, 0) is 0 Å². The lowest BCUT2D eigenvalue weighted by Crippen LogP contribution is -2.16. The smallest absolute Gasteiger partial charge is 0.275 e. The predicted octanol–water partition coefficient (Wildman–Crippen LogP) is 1.23. The van der Waals surface area contributed by atoms with Gasteiger partial charge in [0.15, 0.2) is 5.82 Å². The minimum Gasteiger partial charge on any atom is -0.320 e. The molecule has 1 heterocycles. The van der Waals surface area contributed by atoms with E-state index >= 15 is 0 Å². The summed E-state index contributed by atoms with van der Waals surface area (Å²) < 4.78 is 0. The maximum absolute atomic E-state index is 12.0. The quantitative estimate of drug-likeness (QED) is 0.437. The van der Waals surface area contributed by atoms with Crippen LogP contribution in [-0.4, -0.2) is 20.8 Å². The van der Waals surface area contributed by atoms with Crippen LogP contribution in [0.15, 0.2) is 30.6 Å². The molecule has 0 radical (unpaired) electrons. The van der Waals surface area contributed by atoms with Crippen LogP contribution < -0.4 is 16.6 Å². The fraction of sp³-hybridized carbons (Fsp3) is 0.0833. The second kappa shape index (κ2) is 5.92. The topological polar surface area (TPSA) is 136 Å². The molecule has 1 aromatic carbocycles. The summed E-state index contributed by atoms with van der Waals surface area (Å²) in [5, 5.41) is 13.4. The zero-order valence-corrected chi connectivity index (χ0v) is 11.0. The number of carbonyl (C=O) groups excluding carboxylic acids is 1. The first-order valence-corrected chi connectivity index (χ1v) is 5.87. The number of nitrogen functional groups attached to an aromatic ring is 1. The van der Waals surface area contributed by atoms with Crippen LogP contribution >= 0.6 is 0 Å². The third-order valence-electron chi connectivity index (χ3n) is 2.78. The SMILES string of the molecule is Cc1c(NC(=O)c2cnc(NN)cn2)cccc1[N+](=O)[O-]. The Morgan fingerprint density at radius 2 is 2.10 bits per heavy atom. The molecule has 9 nitrogen and oxygen atoms in total. The largest absolute Gasteiger partial charge is 0.320 e. The lowest BCUT2D eigenvalue weighted by Gasteiger charge is -2.08. The molecule has 1 amide bonds. The number of hydrogen-bond acceptors (Lipinski definition) is 7. The van der Waals surface area contributed by atoms with Gasteiger partial charge in [0.25, 0.3) is 11.6 Å². The van der Waals surface area contributed by atoms with Gasteiger partial charge in [-0.1, -0.05) is 6.07 Å². The summed E-state index contributed by atoms with van der Waals surface area (Å²) in [4.78, 5) is 30.1. The Morgan fingerprint density at radius 3 is 2.67 bits per heavy atom. The van der Waals surface area contributed by atoms with E-state index in [9.17, 15) is 14.9 Å². The molecule has 0 atom stereocenters. The van der Waals surface area contributed by atoms with Crippen molar-refractivity contribution in [3.05, 3.63) is 52.0 Å². The number of aromatic nitrogens is 2. The normalized spacial score (nSPS) is 10.0. The van der Waals surface area contributed by atoms with E-state index < -0.39 is 10.8 Å². The van der Waals surface area contributed by atoms with Crippen LogP contribution in [0.2, 0.25) is 0 Å². The Kier molecular flexibility index (Phi) is 4.05. The molecule has 0 spiro atoms. The standard InChI is InChI=1S/C12H12N6O3/c1-7-8(3-2-4-10(7)18(20)21)16-12(19)9-5-15-11(17-13)6-14-9/h2-6H,13H2,1H3,(H,15,17)(H,16,19). The highest BCUT2D eigenvalue weighted by Crippen LogP contribution is 2.25. The van der Waals surface area contributed by atoms with E-state index in [0.717, 1.165) is 0 Å². The molecule has 21 heavy (non-hydrogen) atoms. The maximum Gasteiger partial charge on any atom is 0.275 e. The molecule has 4 N–H and O–H groups in total. The number of benzene rings is 1. The van der Waals surface area contributed by atoms with Crippen LogP contribution in [0, 0.1) is 17.0 Å². The third kappa shape index (κ3) is 3.09. The summed E-state index contributed by atoms with van der Waals surface area (Å²) in [6, 6.07) is 4.43. The van der Waals surface area contributed by atoms with Gasteiger partial charge in [0, 0.05) is 6.07 Å². The number of carbonyl (C=O) groups is 1. The number of nitro benzene ring substituents is 1. The summed E-state index contributed by atoms with van der Waals surface area (Å²) in [5.74, 6) is 4.95. The van der Waals surface area contributed by atoms with Crippen LogP contribution in [0.1, 0.15) is 16.1 Å². The fourth-order valence-corrected chi connectivity index (χ4v) is 1.66. The number of anilines is 2. The summed E-state index contributed by atoms with van der Waals surface area (Å²) in [6.07, 6.45) is 2.55. The Hall–Kier alpha value is -3.07. The zero-order chi connectivity index (χ0) is 15.4. The van der Waals surface area contributed by atoms with Gasteiger partial charge in [0.1, 0.15) is 5.69 Å². The molecular formula is C12H12N6O3. The number of rotatable bonds is 4. The van der Waals surface area contributed by atoms with Crippen molar-refractivity contribution in [2.24, 2.45) is 5.84 Å². The molecule has 1 aromatic heterocycles. The van der Waals surface area contributed by atoms with Gasteiger partial charge < -0.3 is 10.7 Å². The van der Waals surface area contributed by atoms with Crippen molar-refractivity contribution in [2.75, 3.05) is 10.7 Å². The highest BCUT2D eigenvalue weighted by atomic mass is 16.6. The highest BCUT2D eigenvalue weighted by Gasteiger charge is 2.16. The van der Waals surface area contributed by atoms with Crippen molar-refractivity contribution in [3.8, 4) is 0 Å². The first-order valence-electron chi connectivity index (χ1n) is 5.87. The van der Waals surface area contributed by atoms with Crippen molar-refractivity contribution in [3.63, 3.8) is 0 Å². The molecule has 0 unspecified atom stereocenters. The summed E-state index contributed by atoms with van der Waals surface area (Å²) in [6.45, 7) is 1.56. The van der Waals surface area contributed by atoms with Gasteiger partial charge in [0.05, 0.1) is 28.6 Å². The van der Waals surface area contributed by atoms with E-state index in [4.69, 9.17) is 5.84 Å². The van der Waals surface area contributed by atoms with Crippen molar-refractivity contribution < 1.29 is 9.72 Å². The molecule has 0 aliphatic heterocycles. The van der Waals surface area contributed by atoms with E-state index in [2.05, 4.69) is 20.7 Å². The van der Waals surface area contributed by atoms with E-state index in [1.54, 1.807) is 13.0 Å². The Bertz CT molecular complexity index is 686. The van der Waals surface area contributed by atoms with Gasteiger partial charge in [-0.3, -0.25) is 14.9 Å². The molecule has 2 aromatic rings. The molecule has 2 rings (SSSR count). The third-order valence-corrected chi connectivity index (χ3v) is 2.78. The van der Waals surface area contributed by atoms with E-state index in [1.165, 1.54) is 24.5 Å². The van der Waals surface area contributed by atoms with E-state index in [1.807, 2.05) is 0 Å². The van der Waals surface area contributed by atoms with Crippen molar-refractivity contribution >= 4 is 23.1 Å². The average Bonchev–Trinajstić information content (AvgIpc) is 2.49. The molecule has 0 saturated carbocycles. The lowest BCUT2D eigenvalue weighted by molar-refractivity contribution is -0.385. The molecular weight excluding hydrogens is 276 g/mol. The first-order chi connectivity index (χ1) is 10.0. The van der Waals surface area contributed by atoms with Crippen molar-refractivity contribution in [1.82, 2.24) is 9.97 Å². The van der Waals surface area contributed by atoms with Crippen LogP contribution in [0.25, 0.3) is 0 Å². The van der Waals surface area contributed by atoms with Gasteiger partial charge >= 0.3 is 0 Å². The van der Waals surface area contributed by atoms with Crippen LogP contribution in [0.5, 0.6) is 0 Å². The number of nitrogens with one attached hydrogen (secondary N) is 2. The average molecular weight is 288 g/mol. The number of nitro groups is 1. The van der Waals surface area contributed by atoms with Gasteiger partial charge in [-0.25, -0.2) is 15.8 Å². The second-order valence-electron chi connectivity index (χ2n) is 4.09. The highest BCUT2D eigenvalue weighted by molar-refractivity contribution is 6.03. The molecule has 108 valence electrons. The Labute approximate surface area is 119 Å². The Morgan fingerprint density at radius 1 is 1.33 bits per heavy atom. The Balaban J connectivity index is 2.23. The van der Waals surface area contributed by atoms with E-state index in [-0.39, 0.29) is 11.4 Å². The second-order valence-corrected chi connectivity index (χ2v) is 4.09. The predicted molar refractivity (Wildman–Crippen MR) is 75.6 cm³/mol. The molecule has 0 bridgehead atoms. The molecule has 0 aliphatic rings. The zero-order valence-electron chi connectivity index (χ0n) is 11.0. The van der Waals surface area contributed by atoms with Gasteiger partial charge in [-0.15, -0.1) is 0 Å².